The molecule has 1 fully saturated rings. The van der Waals surface area contributed by atoms with Crippen LogP contribution in [0.1, 0.15) is 57.6 Å². The van der Waals surface area contributed by atoms with Crippen LogP contribution in [-0.2, 0) is 10.0 Å². The molecule has 118 valence electrons. The molecule has 2 rings (SSSR count). The molecule has 1 aromatic carbocycles. The number of hydrogen-bond donors (Lipinski definition) is 2. The van der Waals surface area contributed by atoms with Crippen molar-refractivity contribution in [2.75, 3.05) is 6.54 Å². The van der Waals surface area contributed by atoms with Crippen LogP contribution in [0.25, 0.3) is 0 Å². The van der Waals surface area contributed by atoms with Crippen molar-refractivity contribution in [1.29, 1.82) is 0 Å². The minimum absolute atomic E-state index is 0.0874. The van der Waals surface area contributed by atoms with Gasteiger partial charge in [-0.05, 0) is 42.9 Å². The van der Waals surface area contributed by atoms with Gasteiger partial charge in [0.05, 0.1) is 4.90 Å². The molecule has 0 amide bonds. The van der Waals surface area contributed by atoms with Crippen molar-refractivity contribution in [3.05, 3.63) is 29.8 Å². The lowest BCUT2D eigenvalue weighted by atomic mass is 9.76. The Hall–Kier alpha value is -0.910. The van der Waals surface area contributed by atoms with Crippen LogP contribution >= 0.6 is 0 Å². The maximum Gasteiger partial charge on any atom is 0.240 e. The quantitative estimate of drug-likeness (QED) is 0.878. The van der Waals surface area contributed by atoms with Gasteiger partial charge in [-0.3, -0.25) is 0 Å². The smallest absolute Gasteiger partial charge is 0.240 e. The van der Waals surface area contributed by atoms with E-state index >= 15 is 0 Å². The molecule has 1 unspecified atom stereocenters. The molecule has 1 aliphatic carbocycles. The molecule has 21 heavy (non-hydrogen) atoms. The Bertz CT molecular complexity index is 576. The summed E-state index contributed by atoms with van der Waals surface area (Å²) >= 11 is 0. The first-order valence-electron chi connectivity index (χ1n) is 7.68. The van der Waals surface area contributed by atoms with Gasteiger partial charge in [0.25, 0.3) is 0 Å². The van der Waals surface area contributed by atoms with Crippen molar-refractivity contribution in [2.45, 2.75) is 56.9 Å². The first-order valence-corrected chi connectivity index (χ1v) is 9.16. The topological polar surface area (TPSA) is 72.2 Å². The summed E-state index contributed by atoms with van der Waals surface area (Å²) in [7, 11) is -3.46. The molecule has 0 saturated heterocycles. The van der Waals surface area contributed by atoms with Crippen LogP contribution in [0.3, 0.4) is 0 Å². The lowest BCUT2D eigenvalue weighted by Gasteiger charge is -2.33. The summed E-state index contributed by atoms with van der Waals surface area (Å²) in [6.07, 6.45) is 5.83. The van der Waals surface area contributed by atoms with E-state index in [0.717, 1.165) is 18.4 Å². The molecule has 3 N–H and O–H groups in total. The van der Waals surface area contributed by atoms with Crippen LogP contribution in [0.15, 0.2) is 29.2 Å². The molecular weight excluding hydrogens is 284 g/mol. The highest BCUT2D eigenvalue weighted by molar-refractivity contribution is 7.89. The van der Waals surface area contributed by atoms with Crippen LogP contribution in [0.5, 0.6) is 0 Å². The molecular formula is C16H26N2O2S. The standard InChI is InChI=1S/C16H26N2O2S/c1-13(17)14-7-6-8-15(11-14)21(19,20)18-12-16(2)9-4-3-5-10-16/h6-8,11,13,18H,3-5,9-10,12,17H2,1-2H3. The third kappa shape index (κ3) is 4.28. The van der Waals surface area contributed by atoms with Gasteiger partial charge < -0.3 is 5.73 Å². The number of nitrogens with one attached hydrogen (secondary N) is 1. The molecule has 1 aliphatic rings. The van der Waals surface area contributed by atoms with Crippen molar-refractivity contribution < 1.29 is 8.42 Å². The van der Waals surface area contributed by atoms with Crippen molar-refractivity contribution >= 4 is 10.0 Å². The second kappa shape index (κ2) is 6.46. The second-order valence-corrected chi connectivity index (χ2v) is 8.32. The normalized spacial score (nSPS) is 20.1. The van der Waals surface area contributed by atoms with Crippen molar-refractivity contribution in [1.82, 2.24) is 4.72 Å². The minimum Gasteiger partial charge on any atom is -0.324 e. The zero-order valence-electron chi connectivity index (χ0n) is 12.9. The van der Waals surface area contributed by atoms with E-state index < -0.39 is 10.0 Å². The van der Waals surface area contributed by atoms with E-state index in [2.05, 4.69) is 11.6 Å². The number of nitrogens with two attached hydrogens (primary N) is 1. The van der Waals surface area contributed by atoms with Crippen molar-refractivity contribution in [3.63, 3.8) is 0 Å². The molecule has 0 bridgehead atoms. The molecule has 0 radical (unpaired) electrons. The predicted molar refractivity (Wildman–Crippen MR) is 85.4 cm³/mol. The fourth-order valence-corrected chi connectivity index (χ4v) is 4.15. The van der Waals surface area contributed by atoms with Crippen LogP contribution < -0.4 is 10.5 Å². The van der Waals surface area contributed by atoms with E-state index in [1.165, 1.54) is 19.3 Å². The lowest BCUT2D eigenvalue weighted by molar-refractivity contribution is 0.219. The second-order valence-electron chi connectivity index (χ2n) is 6.56. The minimum atomic E-state index is -3.46. The summed E-state index contributed by atoms with van der Waals surface area (Å²) in [5.41, 5.74) is 6.74. The van der Waals surface area contributed by atoms with Gasteiger partial charge in [0.15, 0.2) is 0 Å². The van der Waals surface area contributed by atoms with Gasteiger partial charge in [-0.25, -0.2) is 13.1 Å². The molecule has 1 aromatic rings. The van der Waals surface area contributed by atoms with Gasteiger partial charge >= 0.3 is 0 Å². The predicted octanol–water partition coefficient (Wildman–Crippen LogP) is 2.96. The Morgan fingerprint density at radius 1 is 1.29 bits per heavy atom. The summed E-state index contributed by atoms with van der Waals surface area (Å²) in [5.74, 6) is 0. The summed E-state index contributed by atoms with van der Waals surface area (Å²) in [5, 5.41) is 0. The summed E-state index contributed by atoms with van der Waals surface area (Å²) in [4.78, 5) is 0.303. The number of benzene rings is 1. The maximum atomic E-state index is 12.4. The third-order valence-electron chi connectivity index (χ3n) is 4.44. The fraction of sp³-hybridized carbons (Fsp3) is 0.625. The van der Waals surface area contributed by atoms with E-state index in [-0.39, 0.29) is 11.5 Å². The number of hydrogen-bond acceptors (Lipinski definition) is 3. The van der Waals surface area contributed by atoms with Crippen LogP contribution in [0.4, 0.5) is 0 Å². The van der Waals surface area contributed by atoms with Crippen molar-refractivity contribution in [3.8, 4) is 0 Å². The number of rotatable bonds is 5. The van der Waals surface area contributed by atoms with Crippen LogP contribution in [0, 0.1) is 5.41 Å². The van der Waals surface area contributed by atoms with Crippen LogP contribution in [-0.4, -0.2) is 15.0 Å². The van der Waals surface area contributed by atoms with E-state index in [4.69, 9.17) is 5.73 Å². The number of sulfonamides is 1. The molecule has 0 heterocycles. The van der Waals surface area contributed by atoms with Gasteiger partial charge in [0.1, 0.15) is 0 Å². The first-order chi connectivity index (χ1) is 9.82. The molecule has 0 spiro atoms. The van der Waals surface area contributed by atoms with Gasteiger partial charge in [-0.2, -0.15) is 0 Å². The Morgan fingerprint density at radius 3 is 2.57 bits per heavy atom. The van der Waals surface area contributed by atoms with Crippen molar-refractivity contribution in [2.24, 2.45) is 11.1 Å². The average molecular weight is 310 g/mol. The van der Waals surface area contributed by atoms with Gasteiger partial charge in [-0.15, -0.1) is 0 Å². The molecule has 1 atom stereocenters. The molecule has 0 aromatic heterocycles. The van der Waals surface area contributed by atoms with E-state index in [1.54, 1.807) is 18.2 Å². The SMILES string of the molecule is CC(N)c1cccc(S(=O)(=O)NCC2(C)CCCCC2)c1. The Labute approximate surface area is 128 Å². The summed E-state index contributed by atoms with van der Waals surface area (Å²) in [6, 6.07) is 6.71. The van der Waals surface area contributed by atoms with Gasteiger partial charge in [0, 0.05) is 12.6 Å². The van der Waals surface area contributed by atoms with Gasteiger partial charge in [0.2, 0.25) is 10.0 Å². The zero-order chi connectivity index (χ0) is 15.5. The highest BCUT2D eigenvalue weighted by atomic mass is 32.2. The largest absolute Gasteiger partial charge is 0.324 e. The molecule has 1 saturated carbocycles. The molecule has 4 nitrogen and oxygen atoms in total. The summed E-state index contributed by atoms with van der Waals surface area (Å²) < 4.78 is 27.7. The Balaban J connectivity index is 2.09. The lowest BCUT2D eigenvalue weighted by Crippen LogP contribution is -2.37. The third-order valence-corrected chi connectivity index (χ3v) is 5.84. The fourth-order valence-electron chi connectivity index (χ4n) is 2.90. The maximum absolute atomic E-state index is 12.4. The summed E-state index contributed by atoms with van der Waals surface area (Å²) in [6.45, 7) is 4.53. The van der Waals surface area contributed by atoms with Gasteiger partial charge in [-0.1, -0.05) is 38.3 Å². The zero-order valence-corrected chi connectivity index (χ0v) is 13.7. The van der Waals surface area contributed by atoms with Crippen LogP contribution in [0.2, 0.25) is 0 Å². The molecule has 0 aliphatic heterocycles. The van der Waals surface area contributed by atoms with E-state index in [1.807, 2.05) is 13.0 Å². The highest BCUT2D eigenvalue weighted by Gasteiger charge is 2.28. The monoisotopic (exact) mass is 310 g/mol. The van der Waals surface area contributed by atoms with E-state index in [9.17, 15) is 8.42 Å². The Morgan fingerprint density at radius 2 is 1.95 bits per heavy atom. The average Bonchev–Trinajstić information content (AvgIpc) is 2.46. The highest BCUT2D eigenvalue weighted by Crippen LogP contribution is 2.35. The molecule has 5 heteroatoms. The first kappa shape index (κ1) is 16.5. The Kier molecular flexibility index (Phi) is 5.07. The van der Waals surface area contributed by atoms with E-state index in [0.29, 0.717) is 11.4 Å².